The molecule has 0 aliphatic heterocycles. The molecule has 1 unspecified atom stereocenters. The van der Waals surface area contributed by atoms with E-state index in [2.05, 4.69) is 81.3 Å². The number of halogens is 3. The number of benzene rings is 2. The lowest BCUT2D eigenvalue weighted by Gasteiger charge is -2.15. The van der Waals surface area contributed by atoms with E-state index < -0.39 is 67.0 Å². The third-order valence-electron chi connectivity index (χ3n) is 17.2. The maximum atomic E-state index is 13.4. The van der Waals surface area contributed by atoms with Crippen LogP contribution in [0.3, 0.4) is 0 Å². The number of hydrogen-bond donors (Lipinski definition) is 9. The first-order valence-electron chi connectivity index (χ1n) is 31.8. The number of nitrogens with one attached hydrogen (secondary N) is 3. The van der Waals surface area contributed by atoms with E-state index >= 15 is 0 Å². The topological polar surface area (TPSA) is 447 Å². The minimum atomic E-state index is -4.09. The van der Waals surface area contributed by atoms with Gasteiger partial charge in [0.05, 0.1) is 73.2 Å². The number of aryl methyl sites for hydroxylation is 1. The summed E-state index contributed by atoms with van der Waals surface area (Å²) in [5.41, 5.74) is 5.96. The predicted molar refractivity (Wildman–Crippen MR) is 392 cm³/mol. The molecule has 3 aliphatic carbocycles. The van der Waals surface area contributed by atoms with Crippen LogP contribution >= 0.6 is 73.1 Å². The molecule has 10 atom stereocenters. The van der Waals surface area contributed by atoms with Crippen LogP contribution in [0, 0.1) is 24.7 Å². The molecular formula is C66H71BrCl2N12O16S6. The third kappa shape index (κ3) is 22.5. The van der Waals surface area contributed by atoms with Gasteiger partial charge in [0.2, 0.25) is 17.3 Å². The lowest BCUT2D eigenvalue weighted by Crippen LogP contribution is -2.24. The molecule has 548 valence electrons. The average molecular weight is 1630 g/mol. The van der Waals surface area contributed by atoms with E-state index in [1.54, 1.807) is 0 Å². The molecule has 103 heavy (non-hydrogen) atoms. The summed E-state index contributed by atoms with van der Waals surface area (Å²) >= 11 is 19.8. The number of aromatic nitrogens is 6. The fourth-order valence-corrected chi connectivity index (χ4v) is 17.1. The Morgan fingerprint density at radius 2 is 1.02 bits per heavy atom. The van der Waals surface area contributed by atoms with E-state index in [-0.39, 0.29) is 61.2 Å². The third-order valence-corrected chi connectivity index (χ3v) is 23.0. The quantitative estimate of drug-likeness (QED) is 0.0217. The van der Waals surface area contributed by atoms with Crippen molar-refractivity contribution in [2.45, 2.75) is 108 Å². The Morgan fingerprint density at radius 1 is 0.573 bits per heavy atom. The molecule has 37 heteroatoms. The van der Waals surface area contributed by atoms with Gasteiger partial charge in [0.15, 0.2) is 0 Å². The molecule has 0 radical (unpaired) electrons. The van der Waals surface area contributed by atoms with Gasteiger partial charge in [-0.1, -0.05) is 54.4 Å². The maximum absolute atomic E-state index is 13.4. The molecule has 3 aliphatic rings. The minimum absolute atomic E-state index is 0.0626. The van der Waals surface area contributed by atoms with Gasteiger partial charge < -0.3 is 35.7 Å². The fraction of sp³-hybridized carbons (Fsp3) is 0.348. The fourth-order valence-electron chi connectivity index (χ4n) is 12.1. The summed E-state index contributed by atoms with van der Waals surface area (Å²) in [6.45, 7) is 3.31. The first-order chi connectivity index (χ1) is 48.9. The number of furan rings is 1. The van der Waals surface area contributed by atoms with Gasteiger partial charge in [-0.3, -0.25) is 26.9 Å². The molecule has 0 saturated heterocycles. The molecule has 3 fully saturated rings. The van der Waals surface area contributed by atoms with Crippen molar-refractivity contribution >= 4 is 139 Å². The number of aliphatic hydroxyl groups excluding tert-OH is 3. The number of thiophene rings is 3. The SMILES string of the molecule is CC(c1cccc(Cl)c1)c1csc(C(=O)c2cncnc2N[C@@H]2C[C@H](COS(N)(=O)=O)[C@@H](O)C2)c1.Cc1ccc(Cc2csc(C(=O)c3cncnc3N[C@@H]3C[C@H](COS(N)(=O)=O)[C@@H](O)C3)c2)o1.NS(=O)(=O)OC[C@H]1C[C@@H](Nc2ncncc2C(=O)c2cc(Cc3cccc(Cl)c3)c(Br)s2)C[C@@H]1O. The summed E-state index contributed by atoms with van der Waals surface area (Å²) in [6, 6.07) is 23.9. The number of ketones is 3. The summed E-state index contributed by atoms with van der Waals surface area (Å²) in [5.74, 6) is 0.880. The van der Waals surface area contributed by atoms with Crippen molar-refractivity contribution in [2.24, 2.45) is 33.2 Å². The number of rotatable bonds is 27. The average Bonchev–Trinajstić information content (AvgIpc) is 1.65. The molecule has 0 bridgehead atoms. The first-order valence-corrected chi connectivity index (χ1v) is 40.3. The zero-order valence-electron chi connectivity index (χ0n) is 54.8. The van der Waals surface area contributed by atoms with E-state index in [1.165, 1.54) is 71.6 Å². The lowest BCUT2D eigenvalue weighted by molar-refractivity contribution is 0.100. The van der Waals surface area contributed by atoms with E-state index in [9.17, 15) is 55.0 Å². The Kier molecular flexibility index (Phi) is 26.7. The highest BCUT2D eigenvalue weighted by Gasteiger charge is 2.38. The smallest absolute Gasteiger partial charge is 0.333 e. The second kappa shape index (κ2) is 35.0. The van der Waals surface area contributed by atoms with Crippen LogP contribution in [0.15, 0.2) is 135 Å². The monoisotopic (exact) mass is 1630 g/mol. The number of aliphatic hydroxyl groups is 3. The van der Waals surface area contributed by atoms with Crippen molar-refractivity contribution in [1.29, 1.82) is 0 Å². The molecule has 9 aromatic rings. The van der Waals surface area contributed by atoms with Crippen molar-refractivity contribution in [1.82, 2.24) is 29.9 Å². The van der Waals surface area contributed by atoms with Crippen LogP contribution in [0.2, 0.25) is 10.0 Å². The zero-order chi connectivity index (χ0) is 73.9. The van der Waals surface area contributed by atoms with Crippen LogP contribution in [0.4, 0.5) is 17.5 Å². The predicted octanol–water partition coefficient (Wildman–Crippen LogP) is 8.93. The molecule has 12 N–H and O–H groups in total. The number of nitrogens with zero attached hydrogens (tertiary/aromatic N) is 6. The molecule has 0 amide bonds. The maximum Gasteiger partial charge on any atom is 0.333 e. The molecule has 12 rings (SSSR count). The highest BCUT2D eigenvalue weighted by Crippen LogP contribution is 2.37. The Hall–Kier alpha value is -6.98. The second-order valence-electron chi connectivity index (χ2n) is 24.8. The van der Waals surface area contributed by atoms with E-state index in [1.807, 2.05) is 96.5 Å². The van der Waals surface area contributed by atoms with Crippen molar-refractivity contribution in [3.05, 3.63) is 212 Å². The Labute approximate surface area is 624 Å². The standard InChI is InChI=1S/C23H25ClN4O5S2.C22H22BrClN4O5S2.C21H24N4O6S2/c1-13(14-3-2-4-17(24)5-14)16-7-21(34-11-16)22(30)19-9-26-12-27-23(19)28-18-6-15(20(29)8-18)10-33-35(25,31)32;23-21-13(4-12-2-1-3-15(24)5-12)7-19(34-21)20(30)17-9-26-11-27-22(17)28-16-6-14(18(29)8-16)10-33-35(25,31)32;1-12-2-3-16(31-12)4-13-5-19(32-10-13)20(27)17-8-23-11-24-21(17)25-15-6-14(18(26)7-15)9-30-33(22,28)29/h2-5,7,9,11-13,15,18,20,29H,6,8,10H2,1H3,(H2,25,31,32)(H,26,27,28);1-3,5,7,9,11,14,16,18,29H,4,6,8,10H2,(H2,25,31,32)(H,26,27,28);2-3,5,8,10-11,14-15,18,26H,4,6-7,9H2,1H3,(H2,22,28,29)(H,23,24,25)/t13?,15-,18-,20+;14-,16-,18+;14-,15-,18+/m111/s1. The summed E-state index contributed by atoms with van der Waals surface area (Å²) < 4.78 is 86.7. The van der Waals surface area contributed by atoms with Crippen molar-refractivity contribution in [3.8, 4) is 0 Å². The van der Waals surface area contributed by atoms with Gasteiger partial charge in [-0.2, -0.15) is 25.3 Å². The van der Waals surface area contributed by atoms with Crippen molar-refractivity contribution in [3.63, 3.8) is 0 Å². The summed E-state index contributed by atoms with van der Waals surface area (Å²) in [4.78, 5) is 66.2. The molecule has 0 spiro atoms. The number of hydrogen-bond acceptors (Lipinski definition) is 28. The van der Waals surface area contributed by atoms with Crippen LogP contribution in [0.25, 0.3) is 0 Å². The van der Waals surface area contributed by atoms with E-state index in [0.717, 1.165) is 43.1 Å². The minimum Gasteiger partial charge on any atom is -0.466 e. The number of carbonyl (C=O) groups is 3. The molecule has 7 heterocycles. The van der Waals surface area contributed by atoms with Crippen LogP contribution in [-0.4, -0.2) is 144 Å². The van der Waals surface area contributed by atoms with Gasteiger partial charge in [-0.25, -0.2) is 45.3 Å². The highest BCUT2D eigenvalue weighted by atomic mass is 79.9. The number of carbonyl (C=O) groups excluding carboxylic acids is 3. The largest absolute Gasteiger partial charge is 0.466 e. The number of nitrogens with two attached hydrogens (primary N) is 3. The summed E-state index contributed by atoms with van der Waals surface area (Å²) in [7, 11) is -12.3. The first kappa shape index (κ1) is 78.6. The van der Waals surface area contributed by atoms with E-state index in [4.69, 9.17) is 43.0 Å². The van der Waals surface area contributed by atoms with Crippen LogP contribution in [0.1, 0.15) is 136 Å². The second-order valence-corrected chi connectivity index (χ2v) is 33.6. The summed E-state index contributed by atoms with van der Waals surface area (Å²) in [6.07, 6.45) is 9.58. The number of anilines is 3. The van der Waals surface area contributed by atoms with Crippen molar-refractivity contribution in [2.75, 3.05) is 35.8 Å². The lowest BCUT2D eigenvalue weighted by atomic mass is 9.95. The van der Waals surface area contributed by atoms with Crippen LogP contribution in [-0.2, 0) is 56.3 Å². The van der Waals surface area contributed by atoms with Gasteiger partial charge in [-0.15, -0.1) is 34.0 Å². The van der Waals surface area contributed by atoms with Gasteiger partial charge in [0.1, 0.15) is 48.0 Å². The Balaban J connectivity index is 0.000000166. The molecule has 3 saturated carbocycles. The molecule has 28 nitrogen and oxygen atoms in total. The summed E-state index contributed by atoms with van der Waals surface area (Å²) in [5, 5.41) is 60.2. The van der Waals surface area contributed by atoms with E-state index in [0.29, 0.717) is 110 Å². The van der Waals surface area contributed by atoms with Crippen molar-refractivity contribution < 1.29 is 71.9 Å². The van der Waals surface area contributed by atoms with Gasteiger partial charge in [0.25, 0.3) is 0 Å². The van der Waals surface area contributed by atoms with Gasteiger partial charge >= 0.3 is 30.9 Å². The molecule has 2 aromatic carbocycles. The molecule has 7 aromatic heterocycles. The molecular weight excluding hydrogens is 1560 g/mol. The van der Waals surface area contributed by atoms with Crippen LogP contribution in [0.5, 0.6) is 0 Å². The zero-order valence-corrected chi connectivity index (χ0v) is 62.8. The highest BCUT2D eigenvalue weighted by molar-refractivity contribution is 9.11. The van der Waals surface area contributed by atoms with Crippen LogP contribution < -0.4 is 31.4 Å². The Bertz CT molecular complexity index is 4840. The normalized spacial score (nSPS) is 20.7. The van der Waals surface area contributed by atoms with Gasteiger partial charge in [0, 0.05) is 76.9 Å². The Morgan fingerprint density at radius 3 is 1.47 bits per heavy atom. The van der Waals surface area contributed by atoms with Gasteiger partial charge in [-0.05, 0) is 161 Å².